The van der Waals surface area contributed by atoms with E-state index in [2.05, 4.69) is 15.9 Å². The van der Waals surface area contributed by atoms with Crippen molar-refractivity contribution in [3.05, 3.63) is 88.4 Å². The molecule has 0 radical (unpaired) electrons. The number of aryl methyl sites for hydroxylation is 1. The highest BCUT2D eigenvalue weighted by atomic mass is 79.9. The molecular formula is C24H19BrN2O4. The molecule has 0 saturated carbocycles. The van der Waals surface area contributed by atoms with Crippen LogP contribution in [0.1, 0.15) is 17.2 Å². The summed E-state index contributed by atoms with van der Waals surface area (Å²) in [5.41, 5.74) is 2.59. The van der Waals surface area contributed by atoms with E-state index in [1.807, 2.05) is 49.4 Å². The van der Waals surface area contributed by atoms with Gasteiger partial charge in [-0.05, 0) is 48.9 Å². The molecule has 31 heavy (non-hydrogen) atoms. The Kier molecular flexibility index (Phi) is 4.79. The SMILES string of the molecule is Cc1ccccc1N1C(=O)[C@@H]2[C@@H](c3cc(Br)ccc3O)N(c3ccccc3)O[C@H]2C1=O. The number of carbonyl (C=O) groups excluding carboxylic acids is 2. The maximum absolute atomic E-state index is 13.6. The van der Waals surface area contributed by atoms with Crippen LogP contribution in [0.4, 0.5) is 11.4 Å². The number of halogens is 1. The number of fused-ring (bicyclic) bond motifs is 1. The first-order chi connectivity index (χ1) is 15.0. The predicted octanol–water partition coefficient (Wildman–Crippen LogP) is 4.51. The number of aromatic hydroxyl groups is 1. The summed E-state index contributed by atoms with van der Waals surface area (Å²) in [5.74, 6) is -1.50. The van der Waals surface area contributed by atoms with E-state index in [0.717, 1.165) is 10.0 Å². The van der Waals surface area contributed by atoms with Crippen LogP contribution >= 0.6 is 15.9 Å². The van der Waals surface area contributed by atoms with E-state index in [4.69, 9.17) is 4.84 Å². The summed E-state index contributed by atoms with van der Waals surface area (Å²) < 4.78 is 0.754. The third-order valence-electron chi connectivity index (χ3n) is 5.79. The van der Waals surface area contributed by atoms with Gasteiger partial charge in [-0.15, -0.1) is 0 Å². The summed E-state index contributed by atoms with van der Waals surface area (Å²) in [6.45, 7) is 1.86. The second kappa shape index (κ2) is 7.51. The number of nitrogens with zero attached hydrogens (tertiary/aromatic N) is 2. The monoisotopic (exact) mass is 478 g/mol. The molecule has 3 atom stereocenters. The molecule has 0 aromatic heterocycles. The van der Waals surface area contributed by atoms with Gasteiger partial charge in [-0.1, -0.05) is 52.3 Å². The maximum atomic E-state index is 13.6. The van der Waals surface area contributed by atoms with Gasteiger partial charge in [0.2, 0.25) is 5.91 Å². The highest BCUT2D eigenvalue weighted by Gasteiger charge is 2.60. The summed E-state index contributed by atoms with van der Waals surface area (Å²) >= 11 is 3.44. The molecular weight excluding hydrogens is 460 g/mol. The third kappa shape index (κ3) is 3.12. The highest BCUT2D eigenvalue weighted by molar-refractivity contribution is 9.10. The summed E-state index contributed by atoms with van der Waals surface area (Å²) in [4.78, 5) is 34.3. The number of hydroxylamine groups is 1. The van der Waals surface area contributed by atoms with Crippen molar-refractivity contribution in [2.45, 2.75) is 19.1 Å². The first kappa shape index (κ1) is 19.8. The second-order valence-electron chi connectivity index (χ2n) is 7.66. The Balaban J connectivity index is 1.64. The summed E-state index contributed by atoms with van der Waals surface area (Å²) in [6, 6.07) is 20.9. The Morgan fingerprint density at radius 3 is 2.39 bits per heavy atom. The van der Waals surface area contributed by atoms with E-state index in [-0.39, 0.29) is 11.7 Å². The lowest BCUT2D eigenvalue weighted by molar-refractivity contribution is -0.126. The molecule has 2 fully saturated rings. The lowest BCUT2D eigenvalue weighted by Crippen LogP contribution is -2.37. The zero-order valence-corrected chi connectivity index (χ0v) is 18.2. The van der Waals surface area contributed by atoms with E-state index < -0.39 is 24.0 Å². The second-order valence-corrected chi connectivity index (χ2v) is 8.58. The molecule has 3 aromatic carbocycles. The van der Waals surface area contributed by atoms with Crippen LogP contribution in [0.2, 0.25) is 0 Å². The minimum Gasteiger partial charge on any atom is -0.508 e. The van der Waals surface area contributed by atoms with Crippen LogP contribution in [0.15, 0.2) is 77.3 Å². The molecule has 6 nitrogen and oxygen atoms in total. The van der Waals surface area contributed by atoms with Crippen molar-refractivity contribution < 1.29 is 19.5 Å². The smallest absolute Gasteiger partial charge is 0.266 e. The van der Waals surface area contributed by atoms with Gasteiger partial charge in [0.05, 0.1) is 17.4 Å². The quantitative estimate of drug-likeness (QED) is 0.560. The predicted molar refractivity (Wildman–Crippen MR) is 120 cm³/mol. The third-order valence-corrected chi connectivity index (χ3v) is 6.28. The summed E-state index contributed by atoms with van der Waals surface area (Å²) in [6.07, 6.45) is -0.976. The van der Waals surface area contributed by atoms with Crippen molar-refractivity contribution in [2.75, 3.05) is 9.96 Å². The first-order valence-electron chi connectivity index (χ1n) is 9.90. The molecule has 2 aliphatic heterocycles. The summed E-state index contributed by atoms with van der Waals surface area (Å²) in [5, 5.41) is 12.2. The van der Waals surface area contributed by atoms with E-state index in [1.165, 1.54) is 4.90 Å². The van der Waals surface area contributed by atoms with Crippen molar-refractivity contribution in [3.8, 4) is 5.75 Å². The van der Waals surface area contributed by atoms with Crippen molar-refractivity contribution in [1.29, 1.82) is 0 Å². The van der Waals surface area contributed by atoms with Crippen molar-refractivity contribution in [1.82, 2.24) is 0 Å². The number of para-hydroxylation sites is 2. The molecule has 156 valence electrons. The standard InChI is InChI=1S/C24H19BrN2O4/c1-14-7-5-6-10-18(14)26-23(29)20-21(17-13-15(25)11-12-19(17)28)27(31-22(20)24(26)30)16-8-3-2-4-9-16/h2-13,20-22,28H,1H3/t20-,21-,22-/m1/s1. The van der Waals surface area contributed by atoms with Gasteiger partial charge in [0.15, 0.2) is 6.10 Å². The van der Waals surface area contributed by atoms with Gasteiger partial charge in [0.1, 0.15) is 11.7 Å². The number of phenols is 1. The topological polar surface area (TPSA) is 70.1 Å². The maximum Gasteiger partial charge on any atom is 0.266 e. The van der Waals surface area contributed by atoms with Crippen molar-refractivity contribution in [2.24, 2.45) is 5.92 Å². The van der Waals surface area contributed by atoms with E-state index >= 15 is 0 Å². The lowest BCUT2D eigenvalue weighted by Gasteiger charge is -2.29. The number of imide groups is 1. The average Bonchev–Trinajstić information content (AvgIpc) is 3.27. The van der Waals surface area contributed by atoms with Gasteiger partial charge >= 0.3 is 0 Å². The minimum absolute atomic E-state index is 0.0352. The Bertz CT molecular complexity index is 1180. The number of carbonyl (C=O) groups is 2. The van der Waals surface area contributed by atoms with Crippen LogP contribution in [0, 0.1) is 12.8 Å². The largest absolute Gasteiger partial charge is 0.508 e. The molecule has 7 heteroatoms. The molecule has 0 spiro atoms. The molecule has 5 rings (SSSR count). The molecule has 0 unspecified atom stereocenters. The van der Waals surface area contributed by atoms with Crippen LogP contribution in [-0.2, 0) is 14.4 Å². The lowest BCUT2D eigenvalue weighted by atomic mass is 9.90. The van der Waals surface area contributed by atoms with E-state index in [0.29, 0.717) is 16.9 Å². The Hall–Kier alpha value is -3.16. The average molecular weight is 479 g/mol. The molecule has 1 N–H and O–H groups in total. The van der Waals surface area contributed by atoms with Gasteiger partial charge in [-0.25, -0.2) is 9.96 Å². The normalized spacial score (nSPS) is 22.8. The van der Waals surface area contributed by atoms with Crippen LogP contribution in [-0.4, -0.2) is 23.0 Å². The number of benzene rings is 3. The number of hydrogen-bond acceptors (Lipinski definition) is 5. The molecule has 0 aliphatic carbocycles. The zero-order valence-electron chi connectivity index (χ0n) is 16.6. The molecule has 2 heterocycles. The minimum atomic E-state index is -0.976. The van der Waals surface area contributed by atoms with E-state index in [1.54, 1.807) is 35.4 Å². The van der Waals surface area contributed by atoms with Crippen LogP contribution < -0.4 is 9.96 Å². The van der Waals surface area contributed by atoms with Crippen LogP contribution in [0.25, 0.3) is 0 Å². The number of anilines is 2. The number of amides is 2. The van der Waals surface area contributed by atoms with Gasteiger partial charge < -0.3 is 5.11 Å². The van der Waals surface area contributed by atoms with Gasteiger partial charge in [-0.2, -0.15) is 0 Å². The van der Waals surface area contributed by atoms with Gasteiger partial charge in [0, 0.05) is 10.0 Å². The van der Waals surface area contributed by atoms with Crippen LogP contribution in [0.5, 0.6) is 5.75 Å². The fourth-order valence-corrected chi connectivity index (χ4v) is 4.72. The Labute approximate surface area is 187 Å². The number of hydrogen-bond donors (Lipinski definition) is 1. The molecule has 3 aromatic rings. The molecule has 0 bridgehead atoms. The van der Waals surface area contributed by atoms with Gasteiger partial charge in [-0.3, -0.25) is 14.4 Å². The van der Waals surface area contributed by atoms with Crippen molar-refractivity contribution >= 4 is 39.1 Å². The highest BCUT2D eigenvalue weighted by Crippen LogP contribution is 2.49. The first-order valence-corrected chi connectivity index (χ1v) is 10.7. The molecule has 2 aliphatic rings. The van der Waals surface area contributed by atoms with Crippen LogP contribution in [0.3, 0.4) is 0 Å². The Morgan fingerprint density at radius 2 is 1.65 bits per heavy atom. The molecule has 2 amide bonds. The summed E-state index contributed by atoms with van der Waals surface area (Å²) in [7, 11) is 0. The fraction of sp³-hybridized carbons (Fsp3) is 0.167. The van der Waals surface area contributed by atoms with E-state index in [9.17, 15) is 14.7 Å². The van der Waals surface area contributed by atoms with Crippen molar-refractivity contribution in [3.63, 3.8) is 0 Å². The Morgan fingerprint density at radius 1 is 0.935 bits per heavy atom. The zero-order chi connectivity index (χ0) is 21.7. The fourth-order valence-electron chi connectivity index (χ4n) is 4.34. The number of phenolic OH excluding ortho intramolecular Hbond substituents is 1. The molecule has 2 saturated heterocycles. The number of rotatable bonds is 3. The van der Waals surface area contributed by atoms with Gasteiger partial charge in [0.25, 0.3) is 5.91 Å².